The van der Waals surface area contributed by atoms with E-state index in [2.05, 4.69) is 62.5 Å². The molecule has 0 aromatic heterocycles. The van der Waals surface area contributed by atoms with Crippen LogP contribution in [0.2, 0.25) is 0 Å². The number of carbonyl (C=O) groups excluding carboxylic acids is 2. The fraction of sp³-hybridized carbons (Fsp3) is 0.486. The van der Waals surface area contributed by atoms with Crippen LogP contribution in [0.15, 0.2) is 66.8 Å². The first-order valence-corrected chi connectivity index (χ1v) is 15.2. The maximum absolute atomic E-state index is 12.0. The monoisotopic (exact) mass is 560 g/mol. The summed E-state index contributed by atoms with van der Waals surface area (Å²) >= 11 is 0. The van der Waals surface area contributed by atoms with E-state index in [0.29, 0.717) is 18.8 Å². The number of esters is 2. The smallest absolute Gasteiger partial charge is 0.334 e. The molecule has 0 amide bonds. The van der Waals surface area contributed by atoms with Crippen molar-refractivity contribution in [3.05, 3.63) is 83.5 Å². The van der Waals surface area contributed by atoms with E-state index in [4.69, 9.17) is 20.9 Å². The minimum atomic E-state index is -0.471. The molecule has 1 saturated carbocycles. The molecule has 0 bridgehead atoms. The van der Waals surface area contributed by atoms with Gasteiger partial charge < -0.3 is 20.9 Å². The van der Waals surface area contributed by atoms with Crippen molar-refractivity contribution in [2.75, 3.05) is 26.3 Å². The molecular formula is C35H48N2O4. The van der Waals surface area contributed by atoms with Crippen molar-refractivity contribution in [1.82, 2.24) is 0 Å². The Labute approximate surface area is 246 Å². The SMILES string of the molecule is C=C(CN)C(=O)OCCc1cc(CCOC(=O)C(=C)CN)cc(-c2ccc(C3CCC(CCCCC)CC3)cc2)c1. The summed E-state index contributed by atoms with van der Waals surface area (Å²) in [7, 11) is 0. The molecule has 0 aliphatic heterocycles. The Kier molecular flexibility index (Phi) is 13.3. The molecule has 0 unspecified atom stereocenters. The fourth-order valence-corrected chi connectivity index (χ4v) is 5.53. The highest BCUT2D eigenvalue weighted by Crippen LogP contribution is 2.38. The van der Waals surface area contributed by atoms with E-state index in [1.807, 2.05) is 0 Å². The van der Waals surface area contributed by atoms with Gasteiger partial charge in [-0.15, -0.1) is 0 Å². The topological polar surface area (TPSA) is 105 Å². The molecule has 3 rings (SSSR count). The highest BCUT2D eigenvalue weighted by atomic mass is 16.5. The Hall–Kier alpha value is -3.22. The molecule has 0 saturated heterocycles. The van der Waals surface area contributed by atoms with Crippen molar-refractivity contribution in [2.45, 2.75) is 77.0 Å². The summed E-state index contributed by atoms with van der Waals surface area (Å²) in [5.74, 6) is 0.603. The molecule has 0 spiro atoms. The Morgan fingerprint density at radius 2 is 1.32 bits per heavy atom. The summed E-state index contributed by atoms with van der Waals surface area (Å²) in [6.07, 6.45) is 11.8. The van der Waals surface area contributed by atoms with E-state index >= 15 is 0 Å². The second kappa shape index (κ2) is 16.9. The number of hydrogen-bond acceptors (Lipinski definition) is 6. The van der Waals surface area contributed by atoms with Gasteiger partial charge in [0.2, 0.25) is 0 Å². The minimum absolute atomic E-state index is 0.0736. The molecule has 6 nitrogen and oxygen atoms in total. The molecule has 0 atom stereocenters. The summed E-state index contributed by atoms with van der Waals surface area (Å²) in [6, 6.07) is 15.3. The first-order chi connectivity index (χ1) is 19.8. The lowest BCUT2D eigenvalue weighted by Gasteiger charge is -2.29. The van der Waals surface area contributed by atoms with Crippen molar-refractivity contribution in [2.24, 2.45) is 17.4 Å². The lowest BCUT2D eigenvalue weighted by Crippen LogP contribution is -2.16. The summed E-state index contributed by atoms with van der Waals surface area (Å²) in [5, 5.41) is 0. The van der Waals surface area contributed by atoms with Gasteiger partial charge in [0.1, 0.15) is 0 Å². The number of benzene rings is 2. The van der Waals surface area contributed by atoms with E-state index < -0.39 is 11.9 Å². The molecule has 1 aliphatic rings. The molecule has 6 heteroatoms. The van der Waals surface area contributed by atoms with Crippen molar-refractivity contribution in [3.8, 4) is 11.1 Å². The standard InChI is InChI=1S/C35H48N2O4/c1-4-5-6-7-27-8-10-30(11-9-27)31-12-14-32(15-13-31)33-21-28(16-18-40-34(38)25(2)23-36)20-29(22-33)17-19-41-35(39)26(3)24-37/h12-15,20-22,27,30H,2-11,16-19,23-24,36-37H2,1H3. The van der Waals surface area contributed by atoms with Gasteiger partial charge in [-0.2, -0.15) is 0 Å². The van der Waals surface area contributed by atoms with Gasteiger partial charge in [-0.25, -0.2) is 9.59 Å². The highest BCUT2D eigenvalue weighted by Gasteiger charge is 2.22. The average molecular weight is 561 g/mol. The second-order valence-corrected chi connectivity index (χ2v) is 11.3. The summed E-state index contributed by atoms with van der Waals surface area (Å²) in [6.45, 7) is 10.2. The van der Waals surface area contributed by atoms with Crippen molar-refractivity contribution in [3.63, 3.8) is 0 Å². The van der Waals surface area contributed by atoms with E-state index in [-0.39, 0.29) is 37.4 Å². The van der Waals surface area contributed by atoms with Gasteiger partial charge in [0, 0.05) is 37.1 Å². The molecule has 1 aliphatic carbocycles. The molecule has 2 aromatic carbocycles. The number of carbonyl (C=O) groups is 2. The van der Waals surface area contributed by atoms with Crippen LogP contribution in [-0.2, 0) is 31.9 Å². The van der Waals surface area contributed by atoms with Crippen LogP contribution in [0.4, 0.5) is 0 Å². The third-order valence-electron chi connectivity index (χ3n) is 8.15. The van der Waals surface area contributed by atoms with Crippen LogP contribution in [-0.4, -0.2) is 38.2 Å². The van der Waals surface area contributed by atoms with Gasteiger partial charge in [-0.05, 0) is 65.3 Å². The van der Waals surface area contributed by atoms with Crippen LogP contribution in [0.3, 0.4) is 0 Å². The number of nitrogens with two attached hydrogens (primary N) is 2. The van der Waals surface area contributed by atoms with Crippen molar-refractivity contribution in [1.29, 1.82) is 0 Å². The van der Waals surface area contributed by atoms with Gasteiger partial charge in [-0.3, -0.25) is 0 Å². The molecule has 0 heterocycles. The molecule has 41 heavy (non-hydrogen) atoms. The third kappa shape index (κ3) is 10.3. The lowest BCUT2D eigenvalue weighted by molar-refractivity contribution is -0.139. The van der Waals surface area contributed by atoms with Crippen molar-refractivity contribution >= 4 is 11.9 Å². The zero-order valence-electron chi connectivity index (χ0n) is 24.8. The molecular weight excluding hydrogens is 512 g/mol. The molecule has 0 radical (unpaired) electrons. The normalized spacial score (nSPS) is 16.7. The average Bonchev–Trinajstić information content (AvgIpc) is 3.00. The predicted molar refractivity (Wildman–Crippen MR) is 166 cm³/mol. The predicted octanol–water partition coefficient (Wildman–Crippen LogP) is 6.41. The zero-order valence-corrected chi connectivity index (χ0v) is 24.8. The number of hydrogen-bond donors (Lipinski definition) is 2. The van der Waals surface area contributed by atoms with Gasteiger partial charge in [0.05, 0.1) is 13.2 Å². The first-order valence-electron chi connectivity index (χ1n) is 15.2. The van der Waals surface area contributed by atoms with E-state index in [1.165, 1.54) is 56.9 Å². The fourth-order valence-electron chi connectivity index (χ4n) is 5.53. The minimum Gasteiger partial charge on any atom is -0.462 e. The largest absolute Gasteiger partial charge is 0.462 e. The summed E-state index contributed by atoms with van der Waals surface area (Å²) < 4.78 is 10.7. The van der Waals surface area contributed by atoms with Crippen molar-refractivity contribution < 1.29 is 19.1 Å². The molecule has 222 valence electrons. The van der Waals surface area contributed by atoms with Gasteiger partial charge in [0.25, 0.3) is 0 Å². The Balaban J connectivity index is 1.69. The van der Waals surface area contributed by atoms with Crippen LogP contribution in [0.25, 0.3) is 11.1 Å². The molecule has 4 N–H and O–H groups in total. The maximum atomic E-state index is 12.0. The van der Waals surface area contributed by atoms with Gasteiger partial charge >= 0.3 is 11.9 Å². The van der Waals surface area contributed by atoms with Crippen LogP contribution in [0.5, 0.6) is 0 Å². The third-order valence-corrected chi connectivity index (χ3v) is 8.15. The van der Waals surface area contributed by atoms with E-state index in [9.17, 15) is 9.59 Å². The van der Waals surface area contributed by atoms with E-state index in [1.54, 1.807) is 0 Å². The number of ether oxygens (including phenoxy) is 2. The van der Waals surface area contributed by atoms with E-state index in [0.717, 1.165) is 28.2 Å². The van der Waals surface area contributed by atoms with Crippen LogP contribution < -0.4 is 11.5 Å². The second-order valence-electron chi connectivity index (χ2n) is 11.3. The quantitative estimate of drug-likeness (QED) is 0.140. The Morgan fingerprint density at radius 3 is 1.80 bits per heavy atom. The highest BCUT2D eigenvalue weighted by molar-refractivity contribution is 5.88. The number of unbranched alkanes of at least 4 members (excludes halogenated alkanes) is 2. The van der Waals surface area contributed by atoms with Crippen LogP contribution in [0, 0.1) is 5.92 Å². The van der Waals surface area contributed by atoms with Crippen LogP contribution in [0.1, 0.15) is 80.9 Å². The first kappa shape index (κ1) is 32.3. The van der Waals surface area contributed by atoms with Gasteiger partial charge in [0.15, 0.2) is 0 Å². The van der Waals surface area contributed by atoms with Gasteiger partial charge in [-0.1, -0.05) is 88.2 Å². The summed E-state index contributed by atoms with van der Waals surface area (Å²) in [4.78, 5) is 24.0. The summed E-state index contributed by atoms with van der Waals surface area (Å²) in [5.41, 5.74) is 17.2. The van der Waals surface area contributed by atoms with Crippen LogP contribution >= 0.6 is 0 Å². The zero-order chi connectivity index (χ0) is 29.6. The maximum Gasteiger partial charge on any atom is 0.334 e. The Morgan fingerprint density at radius 1 is 0.780 bits per heavy atom. The molecule has 1 fully saturated rings. The Bertz CT molecular complexity index is 1110. The lowest BCUT2D eigenvalue weighted by atomic mass is 9.77. The molecule has 2 aromatic rings. The number of rotatable bonds is 16.